The SMILES string of the molecule is CC(C)(N)CNC(=O)COc1ccc2ccc(=O)oc2c1. The van der Waals surface area contributed by atoms with Crippen LogP contribution in [0, 0.1) is 0 Å². The maximum absolute atomic E-state index is 11.6. The zero-order valence-corrected chi connectivity index (χ0v) is 12.0. The van der Waals surface area contributed by atoms with Crippen LogP contribution in [-0.4, -0.2) is 24.6 Å². The lowest BCUT2D eigenvalue weighted by Crippen LogP contribution is -2.46. The van der Waals surface area contributed by atoms with Crippen LogP contribution in [0.4, 0.5) is 0 Å². The van der Waals surface area contributed by atoms with Crippen molar-refractivity contribution < 1.29 is 13.9 Å². The Balaban J connectivity index is 1.97. The molecule has 0 saturated carbocycles. The van der Waals surface area contributed by atoms with Crippen molar-refractivity contribution in [2.45, 2.75) is 19.4 Å². The summed E-state index contributed by atoms with van der Waals surface area (Å²) in [5.74, 6) is 0.196. The van der Waals surface area contributed by atoms with E-state index in [4.69, 9.17) is 14.9 Å². The van der Waals surface area contributed by atoms with Gasteiger partial charge in [0.2, 0.25) is 0 Å². The number of ether oxygens (including phenoxy) is 1. The summed E-state index contributed by atoms with van der Waals surface area (Å²) in [5, 5.41) is 3.46. The van der Waals surface area contributed by atoms with Crippen LogP contribution >= 0.6 is 0 Å². The maximum atomic E-state index is 11.6. The molecule has 0 radical (unpaired) electrons. The van der Waals surface area contributed by atoms with Gasteiger partial charge < -0.3 is 20.2 Å². The molecule has 2 rings (SSSR count). The molecule has 0 aliphatic carbocycles. The van der Waals surface area contributed by atoms with Gasteiger partial charge in [-0.1, -0.05) is 0 Å². The molecule has 0 bridgehead atoms. The lowest BCUT2D eigenvalue weighted by molar-refractivity contribution is -0.123. The lowest BCUT2D eigenvalue weighted by Gasteiger charge is -2.18. The lowest BCUT2D eigenvalue weighted by atomic mass is 10.1. The molecule has 2 aromatic rings. The summed E-state index contributed by atoms with van der Waals surface area (Å²) in [6.45, 7) is 3.87. The highest BCUT2D eigenvalue weighted by molar-refractivity contribution is 5.79. The third kappa shape index (κ3) is 4.61. The highest BCUT2D eigenvalue weighted by Crippen LogP contribution is 2.19. The molecule has 0 aliphatic heterocycles. The predicted octanol–water partition coefficient (Wildman–Crippen LogP) is 1.03. The minimum atomic E-state index is -0.470. The summed E-state index contributed by atoms with van der Waals surface area (Å²) in [4.78, 5) is 22.8. The fourth-order valence-electron chi connectivity index (χ4n) is 1.66. The Hall–Kier alpha value is -2.34. The number of nitrogens with two attached hydrogens (primary N) is 1. The van der Waals surface area contributed by atoms with Crippen molar-refractivity contribution >= 4 is 16.9 Å². The number of benzene rings is 1. The van der Waals surface area contributed by atoms with E-state index in [2.05, 4.69) is 5.32 Å². The smallest absolute Gasteiger partial charge is 0.336 e. The van der Waals surface area contributed by atoms with Gasteiger partial charge in [0.1, 0.15) is 11.3 Å². The van der Waals surface area contributed by atoms with Crippen LogP contribution in [0.2, 0.25) is 0 Å². The minimum absolute atomic E-state index is 0.126. The predicted molar refractivity (Wildman–Crippen MR) is 79.3 cm³/mol. The second-order valence-electron chi connectivity index (χ2n) is 5.51. The first-order chi connectivity index (χ1) is 9.83. The van der Waals surface area contributed by atoms with Crippen LogP contribution in [0.1, 0.15) is 13.8 Å². The van der Waals surface area contributed by atoms with E-state index < -0.39 is 11.2 Å². The Morgan fingerprint density at radius 3 is 2.76 bits per heavy atom. The topological polar surface area (TPSA) is 94.6 Å². The van der Waals surface area contributed by atoms with Gasteiger partial charge >= 0.3 is 5.63 Å². The van der Waals surface area contributed by atoms with Crippen molar-refractivity contribution in [3.63, 3.8) is 0 Å². The van der Waals surface area contributed by atoms with Gasteiger partial charge in [-0.05, 0) is 32.0 Å². The Bertz CT molecular complexity index is 701. The summed E-state index contributed by atoms with van der Waals surface area (Å²) in [6, 6.07) is 8.07. The fraction of sp³-hybridized carbons (Fsp3) is 0.333. The molecule has 0 saturated heterocycles. The summed E-state index contributed by atoms with van der Waals surface area (Å²) in [5.41, 5.74) is 5.29. The zero-order valence-electron chi connectivity index (χ0n) is 12.0. The van der Waals surface area contributed by atoms with Crippen LogP contribution < -0.4 is 21.4 Å². The third-order valence-corrected chi connectivity index (χ3v) is 2.71. The first-order valence-electron chi connectivity index (χ1n) is 6.56. The van der Waals surface area contributed by atoms with E-state index in [1.54, 1.807) is 24.3 Å². The Morgan fingerprint density at radius 1 is 1.33 bits per heavy atom. The Kier molecular flexibility index (Phi) is 4.28. The second-order valence-corrected chi connectivity index (χ2v) is 5.51. The van der Waals surface area contributed by atoms with E-state index in [1.165, 1.54) is 6.07 Å². The quantitative estimate of drug-likeness (QED) is 0.802. The van der Waals surface area contributed by atoms with Crippen molar-refractivity contribution in [3.05, 3.63) is 40.8 Å². The Labute approximate surface area is 121 Å². The molecule has 6 heteroatoms. The van der Waals surface area contributed by atoms with Gasteiger partial charge in [-0.15, -0.1) is 0 Å². The average molecular weight is 290 g/mol. The molecule has 1 aromatic heterocycles. The monoisotopic (exact) mass is 290 g/mol. The molecule has 112 valence electrons. The van der Waals surface area contributed by atoms with Crippen LogP contribution in [0.25, 0.3) is 11.0 Å². The summed E-state index contributed by atoms with van der Waals surface area (Å²) >= 11 is 0. The van der Waals surface area contributed by atoms with Gasteiger partial charge in [0.05, 0.1) is 0 Å². The molecule has 6 nitrogen and oxygen atoms in total. The number of hydrogen-bond donors (Lipinski definition) is 2. The van der Waals surface area contributed by atoms with E-state index >= 15 is 0 Å². The second kappa shape index (κ2) is 5.97. The molecule has 0 unspecified atom stereocenters. The van der Waals surface area contributed by atoms with Crippen molar-refractivity contribution in [3.8, 4) is 5.75 Å². The average Bonchev–Trinajstić information content (AvgIpc) is 2.41. The van der Waals surface area contributed by atoms with Gasteiger partial charge in [0.25, 0.3) is 5.91 Å². The third-order valence-electron chi connectivity index (χ3n) is 2.71. The molecule has 1 amide bonds. The van der Waals surface area contributed by atoms with Gasteiger partial charge in [-0.2, -0.15) is 0 Å². The summed E-state index contributed by atoms with van der Waals surface area (Å²) in [6.07, 6.45) is 0. The number of rotatable bonds is 5. The molecule has 0 spiro atoms. The highest BCUT2D eigenvalue weighted by atomic mass is 16.5. The van der Waals surface area contributed by atoms with E-state index in [9.17, 15) is 9.59 Å². The maximum Gasteiger partial charge on any atom is 0.336 e. The molecule has 21 heavy (non-hydrogen) atoms. The zero-order chi connectivity index (χ0) is 15.5. The summed E-state index contributed by atoms with van der Waals surface area (Å²) < 4.78 is 10.4. The molecule has 3 N–H and O–H groups in total. The first kappa shape index (κ1) is 15.1. The van der Waals surface area contributed by atoms with Gasteiger partial charge in [0, 0.05) is 29.6 Å². The molecular weight excluding hydrogens is 272 g/mol. The normalized spacial score (nSPS) is 11.4. The number of amides is 1. The van der Waals surface area contributed by atoms with Gasteiger partial charge in [0.15, 0.2) is 6.61 Å². The number of fused-ring (bicyclic) bond motifs is 1. The van der Waals surface area contributed by atoms with Crippen LogP contribution in [-0.2, 0) is 4.79 Å². The molecular formula is C15H18N2O4. The number of nitrogens with one attached hydrogen (secondary N) is 1. The number of hydrogen-bond acceptors (Lipinski definition) is 5. The molecule has 1 heterocycles. The molecule has 1 aromatic carbocycles. The first-order valence-corrected chi connectivity index (χ1v) is 6.56. The summed E-state index contributed by atoms with van der Waals surface area (Å²) in [7, 11) is 0. The van der Waals surface area contributed by atoms with Crippen molar-refractivity contribution in [1.82, 2.24) is 5.32 Å². The Morgan fingerprint density at radius 2 is 2.05 bits per heavy atom. The van der Waals surface area contributed by atoms with Crippen molar-refractivity contribution in [2.75, 3.05) is 13.2 Å². The van der Waals surface area contributed by atoms with E-state index in [1.807, 2.05) is 13.8 Å². The van der Waals surface area contributed by atoms with E-state index in [-0.39, 0.29) is 12.5 Å². The van der Waals surface area contributed by atoms with Crippen LogP contribution in [0.5, 0.6) is 5.75 Å². The largest absolute Gasteiger partial charge is 0.484 e. The van der Waals surface area contributed by atoms with Crippen LogP contribution in [0.15, 0.2) is 39.5 Å². The highest BCUT2D eigenvalue weighted by Gasteiger charge is 2.12. The standard InChI is InChI=1S/C15H18N2O4/c1-15(2,16)9-17-13(18)8-20-11-5-3-10-4-6-14(19)21-12(10)7-11/h3-7H,8-9,16H2,1-2H3,(H,17,18). The molecule has 0 aliphatic rings. The number of carbonyl (C=O) groups excluding carboxylic acids is 1. The van der Waals surface area contributed by atoms with Crippen molar-refractivity contribution in [2.24, 2.45) is 5.73 Å². The number of carbonyl (C=O) groups is 1. The van der Waals surface area contributed by atoms with E-state index in [0.29, 0.717) is 17.9 Å². The van der Waals surface area contributed by atoms with Crippen LogP contribution in [0.3, 0.4) is 0 Å². The van der Waals surface area contributed by atoms with Gasteiger partial charge in [-0.3, -0.25) is 4.79 Å². The molecule has 0 fully saturated rings. The van der Waals surface area contributed by atoms with Gasteiger partial charge in [-0.25, -0.2) is 4.79 Å². The molecule has 0 atom stereocenters. The van der Waals surface area contributed by atoms with E-state index in [0.717, 1.165) is 5.39 Å². The van der Waals surface area contributed by atoms with Crippen molar-refractivity contribution in [1.29, 1.82) is 0 Å². The fourth-order valence-corrected chi connectivity index (χ4v) is 1.66. The minimum Gasteiger partial charge on any atom is -0.484 e.